The van der Waals surface area contributed by atoms with Crippen molar-refractivity contribution in [2.24, 2.45) is 0 Å². The lowest BCUT2D eigenvalue weighted by molar-refractivity contribution is 0.194. The summed E-state index contributed by atoms with van der Waals surface area (Å²) >= 11 is 1.19. The molecule has 11 heavy (non-hydrogen) atoms. The first-order valence-electron chi connectivity index (χ1n) is 2.89. The van der Waals surface area contributed by atoms with Gasteiger partial charge in [-0.2, -0.15) is 0 Å². The van der Waals surface area contributed by atoms with Crippen LogP contribution in [0.15, 0.2) is 11.4 Å². The Morgan fingerprint density at radius 1 is 1.82 bits per heavy atom. The third-order valence-electron chi connectivity index (χ3n) is 1.09. The van der Waals surface area contributed by atoms with E-state index >= 15 is 0 Å². The van der Waals surface area contributed by atoms with Gasteiger partial charge in [-0.1, -0.05) is 0 Å². The molecule has 0 bridgehead atoms. The van der Waals surface area contributed by atoms with E-state index in [1.54, 1.807) is 5.38 Å². The number of carbonyl (C=O) groups is 1. The summed E-state index contributed by atoms with van der Waals surface area (Å²) in [5, 5.41) is 11.8. The van der Waals surface area contributed by atoms with E-state index in [9.17, 15) is 9.18 Å². The number of hydrogen-bond acceptors (Lipinski definition) is 2. The van der Waals surface area contributed by atoms with Gasteiger partial charge in [-0.05, 0) is 11.4 Å². The van der Waals surface area contributed by atoms with Crippen LogP contribution in [0.25, 0.3) is 0 Å². The molecule has 1 amide bonds. The molecule has 0 saturated carbocycles. The summed E-state index contributed by atoms with van der Waals surface area (Å²) in [6.45, 7) is 0.0405. The van der Waals surface area contributed by atoms with Crippen molar-refractivity contribution in [1.82, 2.24) is 5.32 Å². The Morgan fingerprint density at radius 2 is 2.55 bits per heavy atom. The van der Waals surface area contributed by atoms with E-state index < -0.39 is 6.09 Å². The number of carboxylic acid groups (broad SMARTS) is 1. The SMILES string of the molecule is O=C(O)NCc1sccc1F. The third-order valence-corrected chi connectivity index (χ3v) is 1.99. The summed E-state index contributed by atoms with van der Waals surface area (Å²) in [6, 6.07) is 1.31. The highest BCUT2D eigenvalue weighted by atomic mass is 32.1. The lowest BCUT2D eigenvalue weighted by atomic mass is 10.4. The Hall–Kier alpha value is -1.10. The monoisotopic (exact) mass is 175 g/mol. The standard InChI is InChI=1S/C6H6FNO2S/c7-4-1-2-11-5(4)3-8-6(9)10/h1-2,8H,3H2,(H,9,10). The molecule has 5 heteroatoms. The van der Waals surface area contributed by atoms with E-state index in [0.717, 1.165) is 0 Å². The molecule has 0 unspecified atom stereocenters. The van der Waals surface area contributed by atoms with Crippen molar-refractivity contribution >= 4 is 17.4 Å². The highest BCUT2D eigenvalue weighted by Crippen LogP contribution is 2.13. The topological polar surface area (TPSA) is 49.3 Å². The summed E-state index contributed by atoms with van der Waals surface area (Å²) in [5.74, 6) is -0.358. The molecule has 1 rings (SSSR count). The van der Waals surface area contributed by atoms with Gasteiger partial charge in [0.05, 0.1) is 11.4 Å². The van der Waals surface area contributed by atoms with Gasteiger partial charge >= 0.3 is 6.09 Å². The molecule has 0 radical (unpaired) electrons. The first-order chi connectivity index (χ1) is 5.20. The maximum Gasteiger partial charge on any atom is 0.404 e. The highest BCUT2D eigenvalue weighted by molar-refractivity contribution is 7.09. The van der Waals surface area contributed by atoms with Crippen LogP contribution in [-0.4, -0.2) is 11.2 Å². The van der Waals surface area contributed by atoms with E-state index in [1.165, 1.54) is 17.4 Å². The average Bonchev–Trinajstić information content (AvgIpc) is 2.31. The van der Waals surface area contributed by atoms with Gasteiger partial charge < -0.3 is 10.4 Å². The minimum atomic E-state index is -1.14. The summed E-state index contributed by atoms with van der Waals surface area (Å²) in [5.41, 5.74) is 0. The Labute approximate surface area is 66.5 Å². The molecule has 2 N–H and O–H groups in total. The van der Waals surface area contributed by atoms with Crippen molar-refractivity contribution in [3.05, 3.63) is 22.1 Å². The predicted octanol–water partition coefficient (Wildman–Crippen LogP) is 1.65. The molecule has 0 fully saturated rings. The number of nitrogens with one attached hydrogen (secondary N) is 1. The van der Waals surface area contributed by atoms with Gasteiger partial charge in [0.15, 0.2) is 0 Å². The van der Waals surface area contributed by atoms with Gasteiger partial charge in [-0.25, -0.2) is 9.18 Å². The minimum Gasteiger partial charge on any atom is -0.465 e. The van der Waals surface area contributed by atoms with Crippen molar-refractivity contribution in [1.29, 1.82) is 0 Å². The van der Waals surface area contributed by atoms with Crippen LogP contribution in [0.3, 0.4) is 0 Å². The largest absolute Gasteiger partial charge is 0.465 e. The number of amides is 1. The minimum absolute atomic E-state index is 0.0405. The van der Waals surface area contributed by atoms with Crippen LogP contribution in [0.1, 0.15) is 4.88 Å². The predicted molar refractivity (Wildman–Crippen MR) is 39.1 cm³/mol. The Morgan fingerprint density at radius 3 is 3.00 bits per heavy atom. The zero-order valence-electron chi connectivity index (χ0n) is 5.50. The van der Waals surface area contributed by atoms with E-state index in [1.807, 2.05) is 0 Å². The molecule has 0 aliphatic carbocycles. The molecule has 3 nitrogen and oxygen atoms in total. The van der Waals surface area contributed by atoms with Gasteiger partial charge in [0, 0.05) is 0 Å². The molecule has 1 aromatic heterocycles. The smallest absolute Gasteiger partial charge is 0.404 e. The second kappa shape index (κ2) is 3.34. The van der Waals surface area contributed by atoms with Crippen molar-refractivity contribution in [2.75, 3.05) is 0 Å². The fourth-order valence-corrected chi connectivity index (χ4v) is 1.30. The summed E-state index contributed by atoms with van der Waals surface area (Å²) in [7, 11) is 0. The van der Waals surface area contributed by atoms with Crippen LogP contribution in [0, 0.1) is 5.82 Å². The maximum absolute atomic E-state index is 12.6. The normalized spacial score (nSPS) is 9.55. The zero-order valence-corrected chi connectivity index (χ0v) is 6.32. The van der Waals surface area contributed by atoms with Gasteiger partial charge in [0.2, 0.25) is 0 Å². The van der Waals surface area contributed by atoms with Gasteiger partial charge in [-0.3, -0.25) is 0 Å². The van der Waals surface area contributed by atoms with Crippen LogP contribution < -0.4 is 5.32 Å². The Bertz CT molecular complexity index is 261. The summed E-state index contributed by atoms with van der Waals surface area (Å²) < 4.78 is 12.6. The number of halogens is 1. The number of hydrogen-bond donors (Lipinski definition) is 2. The van der Waals surface area contributed by atoms with Crippen LogP contribution in [0.2, 0.25) is 0 Å². The molecule has 0 spiro atoms. The van der Waals surface area contributed by atoms with Crippen LogP contribution in [0.4, 0.5) is 9.18 Å². The van der Waals surface area contributed by atoms with E-state index in [4.69, 9.17) is 5.11 Å². The lowest BCUT2D eigenvalue weighted by Gasteiger charge is -1.96. The molecular weight excluding hydrogens is 169 g/mol. The molecule has 1 heterocycles. The first-order valence-corrected chi connectivity index (χ1v) is 3.77. The molecular formula is C6H6FNO2S. The number of rotatable bonds is 2. The Kier molecular flexibility index (Phi) is 2.43. The molecule has 0 atom stereocenters. The molecule has 0 aliphatic rings. The molecule has 1 aromatic rings. The van der Waals surface area contributed by atoms with Gasteiger partial charge in [0.1, 0.15) is 5.82 Å². The summed E-state index contributed by atoms with van der Waals surface area (Å²) in [4.78, 5) is 10.4. The first kappa shape index (κ1) is 8.00. The summed E-state index contributed by atoms with van der Waals surface area (Å²) in [6.07, 6.45) is -1.14. The van der Waals surface area contributed by atoms with E-state index in [2.05, 4.69) is 5.32 Å². The number of thiophene rings is 1. The average molecular weight is 175 g/mol. The fourth-order valence-electron chi connectivity index (χ4n) is 0.607. The highest BCUT2D eigenvalue weighted by Gasteiger charge is 2.03. The lowest BCUT2D eigenvalue weighted by Crippen LogP contribution is -2.19. The van der Waals surface area contributed by atoms with E-state index in [0.29, 0.717) is 4.88 Å². The fraction of sp³-hybridized carbons (Fsp3) is 0.167. The van der Waals surface area contributed by atoms with Crippen LogP contribution >= 0.6 is 11.3 Å². The van der Waals surface area contributed by atoms with Crippen LogP contribution in [0.5, 0.6) is 0 Å². The second-order valence-corrected chi connectivity index (χ2v) is 2.85. The zero-order chi connectivity index (χ0) is 8.27. The van der Waals surface area contributed by atoms with Crippen molar-refractivity contribution in [3.8, 4) is 0 Å². The Balaban J connectivity index is 2.51. The molecule has 0 aromatic carbocycles. The molecule has 60 valence electrons. The maximum atomic E-state index is 12.6. The van der Waals surface area contributed by atoms with Gasteiger partial charge in [-0.15, -0.1) is 11.3 Å². The third kappa shape index (κ3) is 2.19. The van der Waals surface area contributed by atoms with E-state index in [-0.39, 0.29) is 12.4 Å². The van der Waals surface area contributed by atoms with Crippen molar-refractivity contribution in [3.63, 3.8) is 0 Å². The van der Waals surface area contributed by atoms with Crippen molar-refractivity contribution < 1.29 is 14.3 Å². The second-order valence-electron chi connectivity index (χ2n) is 1.85. The molecule has 0 saturated heterocycles. The van der Waals surface area contributed by atoms with Gasteiger partial charge in [0.25, 0.3) is 0 Å². The van der Waals surface area contributed by atoms with Crippen LogP contribution in [-0.2, 0) is 6.54 Å². The quantitative estimate of drug-likeness (QED) is 0.718. The van der Waals surface area contributed by atoms with Crippen molar-refractivity contribution in [2.45, 2.75) is 6.54 Å². The molecule has 0 aliphatic heterocycles.